The largest absolute Gasteiger partial charge is 0.300 e. The Hall–Kier alpha value is -0.950. The Kier molecular flexibility index (Phi) is 4.86. The Labute approximate surface area is 109 Å². The van der Waals surface area contributed by atoms with Crippen molar-refractivity contribution in [2.75, 3.05) is 0 Å². The van der Waals surface area contributed by atoms with Crippen LogP contribution in [-0.2, 0) is 23.0 Å². The molecule has 1 unspecified atom stereocenters. The van der Waals surface area contributed by atoms with Crippen LogP contribution in [0.4, 0.5) is 0 Å². The molecule has 1 aromatic rings. The Morgan fingerprint density at radius 1 is 1.28 bits per heavy atom. The van der Waals surface area contributed by atoms with Crippen LogP contribution in [0.5, 0.6) is 0 Å². The molecule has 0 aliphatic rings. The second-order valence-corrected chi connectivity index (χ2v) is 6.62. The van der Waals surface area contributed by atoms with E-state index in [9.17, 15) is 8.42 Å². The summed E-state index contributed by atoms with van der Waals surface area (Å²) in [7, 11) is -3.81. The fourth-order valence-electron chi connectivity index (χ4n) is 1.69. The van der Waals surface area contributed by atoms with Crippen LogP contribution in [-0.4, -0.2) is 23.2 Å². The Balaban J connectivity index is 3.15. The van der Waals surface area contributed by atoms with E-state index < -0.39 is 10.0 Å². The third-order valence-corrected chi connectivity index (χ3v) is 3.63. The standard InChI is InChI=1S/C11H22N4O2S/c1-5-9(4)6-10-13-14-11(18(12,16)17)15(10)7-8(2)3/h8-9H,5-7H2,1-4H3,(H2,12,16,17). The molecule has 1 heterocycles. The van der Waals surface area contributed by atoms with Gasteiger partial charge in [-0.15, -0.1) is 10.2 Å². The van der Waals surface area contributed by atoms with Crippen LogP contribution in [0.25, 0.3) is 0 Å². The molecule has 1 atom stereocenters. The summed E-state index contributed by atoms with van der Waals surface area (Å²) in [6, 6.07) is 0. The van der Waals surface area contributed by atoms with Gasteiger partial charge in [-0.3, -0.25) is 0 Å². The highest BCUT2D eigenvalue weighted by atomic mass is 32.2. The first-order chi connectivity index (χ1) is 8.25. The number of rotatable bonds is 6. The van der Waals surface area contributed by atoms with E-state index in [1.807, 2.05) is 13.8 Å². The second-order valence-electron chi connectivity index (χ2n) is 5.17. The van der Waals surface area contributed by atoms with Gasteiger partial charge in [0.2, 0.25) is 0 Å². The van der Waals surface area contributed by atoms with Crippen molar-refractivity contribution in [3.63, 3.8) is 0 Å². The van der Waals surface area contributed by atoms with Crippen LogP contribution in [0.1, 0.15) is 39.9 Å². The number of hydrogen-bond donors (Lipinski definition) is 1. The predicted molar refractivity (Wildman–Crippen MR) is 69.4 cm³/mol. The molecule has 0 saturated carbocycles. The lowest BCUT2D eigenvalue weighted by atomic mass is 10.0. The first-order valence-electron chi connectivity index (χ1n) is 6.20. The second kappa shape index (κ2) is 5.79. The Bertz CT molecular complexity index is 493. The molecule has 0 aliphatic heterocycles. The molecular weight excluding hydrogens is 252 g/mol. The number of nitrogens with zero attached hydrogens (tertiary/aromatic N) is 3. The van der Waals surface area contributed by atoms with Gasteiger partial charge in [-0.05, 0) is 11.8 Å². The zero-order valence-corrected chi connectivity index (χ0v) is 12.2. The summed E-state index contributed by atoms with van der Waals surface area (Å²) in [5, 5.41) is 12.7. The lowest BCUT2D eigenvalue weighted by molar-refractivity contribution is 0.450. The van der Waals surface area contributed by atoms with Gasteiger partial charge in [-0.1, -0.05) is 34.1 Å². The molecule has 1 aromatic heterocycles. The van der Waals surface area contributed by atoms with Crippen molar-refractivity contribution in [3.05, 3.63) is 5.82 Å². The molecule has 1 rings (SSSR count). The topological polar surface area (TPSA) is 90.9 Å². The molecular formula is C11H22N4O2S. The molecule has 104 valence electrons. The van der Waals surface area contributed by atoms with Crippen LogP contribution in [0.15, 0.2) is 5.16 Å². The third-order valence-electron chi connectivity index (χ3n) is 2.82. The molecule has 0 amide bonds. The molecule has 7 heteroatoms. The van der Waals surface area contributed by atoms with Gasteiger partial charge in [0.1, 0.15) is 5.82 Å². The van der Waals surface area contributed by atoms with Gasteiger partial charge in [0.25, 0.3) is 15.2 Å². The highest BCUT2D eigenvalue weighted by molar-refractivity contribution is 7.89. The lowest BCUT2D eigenvalue weighted by Gasteiger charge is -2.13. The number of sulfonamides is 1. The first kappa shape index (κ1) is 15.1. The summed E-state index contributed by atoms with van der Waals surface area (Å²) in [5.41, 5.74) is 0. The normalized spacial score (nSPS) is 14.1. The van der Waals surface area contributed by atoms with E-state index in [4.69, 9.17) is 5.14 Å². The Morgan fingerprint density at radius 2 is 1.89 bits per heavy atom. The van der Waals surface area contributed by atoms with Gasteiger partial charge in [-0.2, -0.15) is 0 Å². The molecule has 6 nitrogen and oxygen atoms in total. The van der Waals surface area contributed by atoms with E-state index in [1.165, 1.54) is 0 Å². The summed E-state index contributed by atoms with van der Waals surface area (Å²) in [5.74, 6) is 1.44. The average molecular weight is 274 g/mol. The van der Waals surface area contributed by atoms with E-state index in [0.717, 1.165) is 6.42 Å². The maximum absolute atomic E-state index is 11.5. The monoisotopic (exact) mass is 274 g/mol. The van der Waals surface area contributed by atoms with E-state index in [0.29, 0.717) is 30.6 Å². The summed E-state index contributed by atoms with van der Waals surface area (Å²) < 4.78 is 24.5. The maximum Gasteiger partial charge on any atom is 0.273 e. The highest BCUT2D eigenvalue weighted by Crippen LogP contribution is 2.15. The number of aromatic nitrogens is 3. The van der Waals surface area contributed by atoms with Crippen molar-refractivity contribution in [2.45, 2.75) is 52.2 Å². The van der Waals surface area contributed by atoms with Crippen LogP contribution in [0, 0.1) is 11.8 Å². The van der Waals surface area contributed by atoms with Gasteiger partial charge in [0.05, 0.1) is 0 Å². The molecule has 0 aliphatic carbocycles. The van der Waals surface area contributed by atoms with Gasteiger partial charge >= 0.3 is 0 Å². The number of nitrogens with two attached hydrogens (primary N) is 1. The Morgan fingerprint density at radius 3 is 2.33 bits per heavy atom. The van der Waals surface area contributed by atoms with Crippen molar-refractivity contribution in [3.8, 4) is 0 Å². The molecule has 0 fully saturated rings. The zero-order valence-electron chi connectivity index (χ0n) is 11.4. The number of hydrogen-bond acceptors (Lipinski definition) is 4. The molecule has 0 bridgehead atoms. The predicted octanol–water partition coefficient (Wildman–Crippen LogP) is 1.17. The van der Waals surface area contributed by atoms with E-state index in [1.54, 1.807) is 4.57 Å². The minimum Gasteiger partial charge on any atom is -0.300 e. The van der Waals surface area contributed by atoms with Crippen molar-refractivity contribution >= 4 is 10.0 Å². The van der Waals surface area contributed by atoms with E-state index in [-0.39, 0.29) is 5.16 Å². The molecule has 0 saturated heterocycles. The smallest absolute Gasteiger partial charge is 0.273 e. The number of primary sulfonamides is 1. The highest BCUT2D eigenvalue weighted by Gasteiger charge is 2.22. The maximum atomic E-state index is 11.5. The quantitative estimate of drug-likeness (QED) is 0.843. The van der Waals surface area contributed by atoms with Crippen LogP contribution in [0.2, 0.25) is 0 Å². The van der Waals surface area contributed by atoms with Crippen molar-refractivity contribution in [2.24, 2.45) is 17.0 Å². The summed E-state index contributed by atoms with van der Waals surface area (Å²) in [6.07, 6.45) is 1.73. The summed E-state index contributed by atoms with van der Waals surface area (Å²) >= 11 is 0. The van der Waals surface area contributed by atoms with Crippen molar-refractivity contribution < 1.29 is 8.42 Å². The molecule has 0 radical (unpaired) electrons. The van der Waals surface area contributed by atoms with E-state index in [2.05, 4.69) is 24.0 Å². The van der Waals surface area contributed by atoms with Gasteiger partial charge < -0.3 is 4.57 Å². The minimum absolute atomic E-state index is 0.130. The van der Waals surface area contributed by atoms with Crippen molar-refractivity contribution in [1.82, 2.24) is 14.8 Å². The van der Waals surface area contributed by atoms with Gasteiger partial charge in [-0.25, -0.2) is 13.6 Å². The summed E-state index contributed by atoms with van der Waals surface area (Å²) in [4.78, 5) is 0. The minimum atomic E-state index is -3.81. The molecule has 0 aromatic carbocycles. The first-order valence-corrected chi connectivity index (χ1v) is 7.75. The zero-order chi connectivity index (χ0) is 13.9. The third kappa shape index (κ3) is 3.78. The van der Waals surface area contributed by atoms with Gasteiger partial charge in [0.15, 0.2) is 0 Å². The average Bonchev–Trinajstić information content (AvgIpc) is 2.60. The lowest BCUT2D eigenvalue weighted by Crippen LogP contribution is -2.21. The fraction of sp³-hybridized carbons (Fsp3) is 0.818. The molecule has 0 spiro atoms. The van der Waals surface area contributed by atoms with Crippen LogP contribution < -0.4 is 5.14 Å². The van der Waals surface area contributed by atoms with Crippen LogP contribution in [0.3, 0.4) is 0 Å². The van der Waals surface area contributed by atoms with Crippen molar-refractivity contribution in [1.29, 1.82) is 0 Å². The SMILES string of the molecule is CCC(C)Cc1nnc(S(N)(=O)=O)n1CC(C)C. The fourth-order valence-corrected chi connectivity index (χ4v) is 2.33. The molecule has 18 heavy (non-hydrogen) atoms. The van der Waals surface area contributed by atoms with Crippen LogP contribution >= 0.6 is 0 Å². The van der Waals surface area contributed by atoms with Gasteiger partial charge in [0, 0.05) is 13.0 Å². The van der Waals surface area contributed by atoms with E-state index >= 15 is 0 Å². The molecule has 2 N–H and O–H groups in total. The summed E-state index contributed by atoms with van der Waals surface area (Å²) in [6.45, 7) is 8.78.